The van der Waals surface area contributed by atoms with Gasteiger partial charge < -0.3 is 4.74 Å². The summed E-state index contributed by atoms with van der Waals surface area (Å²) in [7, 11) is 0. The minimum Gasteiger partial charge on any atom is -0.479 e. The van der Waals surface area contributed by atoms with Crippen LogP contribution < -0.4 is 4.74 Å². The molecule has 3 heteroatoms. The molecule has 13 heavy (non-hydrogen) atoms. The quantitative estimate of drug-likeness (QED) is 0.664. The molecule has 0 aliphatic carbocycles. The van der Waals surface area contributed by atoms with Gasteiger partial charge in [0.2, 0.25) is 0 Å². The average molecular weight is 199 g/mol. The van der Waals surface area contributed by atoms with E-state index in [1.165, 1.54) is 12.1 Å². The van der Waals surface area contributed by atoms with Gasteiger partial charge >= 0.3 is 0 Å². The number of aryl methyl sites for hydroxylation is 1. The van der Waals surface area contributed by atoms with Gasteiger partial charge in [0.15, 0.2) is 0 Å². The zero-order valence-corrected chi connectivity index (χ0v) is 7.86. The van der Waals surface area contributed by atoms with Crippen LogP contribution in [0, 0.1) is 25.1 Å². The molecule has 0 unspecified atom stereocenters. The monoisotopic (exact) mass is 198 g/mol. The lowest BCUT2D eigenvalue weighted by molar-refractivity contribution is 0.369. The van der Waals surface area contributed by atoms with E-state index >= 15 is 0 Å². The molecular weight excluding hydrogens is 191 g/mol. The molecule has 1 rings (SSSR count). The van der Waals surface area contributed by atoms with Crippen molar-refractivity contribution in [2.24, 2.45) is 0 Å². The first kappa shape index (κ1) is 9.88. The molecule has 0 radical (unpaired) electrons. The van der Waals surface area contributed by atoms with Crippen molar-refractivity contribution < 1.29 is 9.13 Å². The first-order valence-electron chi connectivity index (χ1n) is 3.67. The summed E-state index contributed by atoms with van der Waals surface area (Å²) in [6, 6.07) is 2.73. The molecule has 0 amide bonds. The van der Waals surface area contributed by atoms with Crippen LogP contribution in [0.3, 0.4) is 0 Å². The predicted molar refractivity (Wildman–Crippen MR) is 50.5 cm³/mol. The fourth-order valence-corrected chi connectivity index (χ4v) is 1.07. The molecule has 0 saturated heterocycles. The van der Waals surface area contributed by atoms with Crippen LogP contribution in [-0.2, 0) is 0 Å². The molecule has 0 aromatic heterocycles. The van der Waals surface area contributed by atoms with Gasteiger partial charge in [0, 0.05) is 0 Å². The standard InChI is InChI=1S/C10H8ClFO/c1-3-4-13-10-5-7(2)9(12)6-8(10)11/h1,5-6H,4H2,2H3. The largest absolute Gasteiger partial charge is 0.479 e. The third-order valence-electron chi connectivity index (χ3n) is 1.52. The zero-order valence-electron chi connectivity index (χ0n) is 7.10. The van der Waals surface area contributed by atoms with Crippen LogP contribution in [0.4, 0.5) is 4.39 Å². The molecule has 0 heterocycles. The SMILES string of the molecule is C#CCOc1cc(C)c(F)cc1Cl. The van der Waals surface area contributed by atoms with Crippen molar-refractivity contribution in [1.29, 1.82) is 0 Å². The van der Waals surface area contributed by atoms with E-state index in [-0.39, 0.29) is 17.4 Å². The fraction of sp³-hybridized carbons (Fsp3) is 0.200. The third-order valence-corrected chi connectivity index (χ3v) is 1.82. The number of hydrogen-bond acceptors (Lipinski definition) is 1. The van der Waals surface area contributed by atoms with Crippen molar-refractivity contribution in [1.82, 2.24) is 0 Å². The van der Waals surface area contributed by atoms with Gasteiger partial charge in [-0.25, -0.2) is 4.39 Å². The summed E-state index contributed by atoms with van der Waals surface area (Å²) < 4.78 is 18.0. The van der Waals surface area contributed by atoms with Gasteiger partial charge in [-0.15, -0.1) is 6.42 Å². The van der Waals surface area contributed by atoms with Crippen molar-refractivity contribution >= 4 is 11.6 Å². The van der Waals surface area contributed by atoms with Crippen LogP contribution >= 0.6 is 11.6 Å². The summed E-state index contributed by atoms with van der Waals surface area (Å²) in [5.41, 5.74) is 0.483. The molecule has 0 atom stereocenters. The highest BCUT2D eigenvalue weighted by molar-refractivity contribution is 6.32. The van der Waals surface area contributed by atoms with Crippen molar-refractivity contribution in [2.45, 2.75) is 6.92 Å². The molecule has 68 valence electrons. The lowest BCUT2D eigenvalue weighted by Gasteiger charge is -2.06. The Hall–Kier alpha value is -1.20. The number of ether oxygens (including phenoxy) is 1. The minimum absolute atomic E-state index is 0.130. The van der Waals surface area contributed by atoms with Crippen molar-refractivity contribution in [3.05, 3.63) is 28.5 Å². The van der Waals surface area contributed by atoms with E-state index in [4.69, 9.17) is 22.8 Å². The second kappa shape index (κ2) is 4.15. The summed E-state index contributed by atoms with van der Waals surface area (Å²) in [5.74, 6) is 2.37. The molecular formula is C10H8ClFO. The molecule has 0 spiro atoms. The Labute approximate surface area is 81.5 Å². The minimum atomic E-state index is -0.349. The maximum absolute atomic E-state index is 12.9. The van der Waals surface area contributed by atoms with Gasteiger partial charge in [-0.2, -0.15) is 0 Å². The van der Waals surface area contributed by atoms with Crippen LogP contribution in [-0.4, -0.2) is 6.61 Å². The van der Waals surface area contributed by atoms with Gasteiger partial charge in [0.25, 0.3) is 0 Å². The summed E-state index contributed by atoms with van der Waals surface area (Å²) in [6.07, 6.45) is 5.00. The topological polar surface area (TPSA) is 9.23 Å². The van der Waals surface area contributed by atoms with Crippen LogP contribution in [0.1, 0.15) is 5.56 Å². The summed E-state index contributed by atoms with van der Waals surface area (Å²) in [6.45, 7) is 1.76. The second-order valence-electron chi connectivity index (χ2n) is 2.52. The Morgan fingerprint density at radius 3 is 2.92 bits per heavy atom. The van der Waals surface area contributed by atoms with Gasteiger partial charge in [0.05, 0.1) is 5.02 Å². The van der Waals surface area contributed by atoms with Gasteiger partial charge in [-0.3, -0.25) is 0 Å². The molecule has 0 aliphatic rings. The number of rotatable bonds is 2. The average Bonchev–Trinajstić information content (AvgIpc) is 2.09. The zero-order chi connectivity index (χ0) is 9.84. The highest BCUT2D eigenvalue weighted by atomic mass is 35.5. The Morgan fingerprint density at radius 1 is 1.62 bits per heavy atom. The van der Waals surface area contributed by atoms with Crippen molar-refractivity contribution in [3.63, 3.8) is 0 Å². The lowest BCUT2D eigenvalue weighted by Crippen LogP contribution is -1.95. The molecule has 1 aromatic rings. The lowest BCUT2D eigenvalue weighted by atomic mass is 10.2. The number of halogens is 2. The van der Waals surface area contributed by atoms with Crippen LogP contribution in [0.2, 0.25) is 5.02 Å². The normalized spacial score (nSPS) is 9.38. The number of terminal acetylenes is 1. The van der Waals surface area contributed by atoms with Crippen molar-refractivity contribution in [2.75, 3.05) is 6.61 Å². The van der Waals surface area contributed by atoms with E-state index in [1.54, 1.807) is 6.92 Å². The smallest absolute Gasteiger partial charge is 0.148 e. The number of benzene rings is 1. The first-order chi connectivity index (χ1) is 6.15. The molecule has 0 aliphatic heterocycles. The van der Waals surface area contributed by atoms with Gasteiger partial charge in [-0.1, -0.05) is 17.5 Å². The highest BCUT2D eigenvalue weighted by Gasteiger charge is 2.05. The second-order valence-corrected chi connectivity index (χ2v) is 2.93. The van der Waals surface area contributed by atoms with Crippen LogP contribution in [0.15, 0.2) is 12.1 Å². The maximum atomic E-state index is 12.9. The van der Waals surface area contributed by atoms with E-state index in [9.17, 15) is 4.39 Å². The molecule has 0 bridgehead atoms. The summed E-state index contributed by atoms with van der Waals surface area (Å²) in [4.78, 5) is 0. The van der Waals surface area contributed by atoms with Crippen LogP contribution in [0.25, 0.3) is 0 Å². The van der Waals surface area contributed by atoms with Crippen molar-refractivity contribution in [3.8, 4) is 18.1 Å². The predicted octanol–water partition coefficient (Wildman–Crippen LogP) is 2.80. The van der Waals surface area contributed by atoms with E-state index in [0.717, 1.165) is 0 Å². The highest BCUT2D eigenvalue weighted by Crippen LogP contribution is 2.27. The molecule has 1 nitrogen and oxygen atoms in total. The molecule has 0 fully saturated rings. The molecule has 1 aromatic carbocycles. The Morgan fingerprint density at radius 2 is 2.31 bits per heavy atom. The Balaban J connectivity index is 2.96. The van der Waals surface area contributed by atoms with Crippen LogP contribution in [0.5, 0.6) is 5.75 Å². The van der Waals surface area contributed by atoms with Gasteiger partial charge in [-0.05, 0) is 24.6 Å². The summed E-state index contributed by atoms with van der Waals surface area (Å²) in [5, 5.41) is 0.235. The van der Waals surface area contributed by atoms with E-state index in [2.05, 4.69) is 5.92 Å². The summed E-state index contributed by atoms with van der Waals surface area (Å²) >= 11 is 5.70. The first-order valence-corrected chi connectivity index (χ1v) is 4.05. The molecule has 0 N–H and O–H groups in total. The van der Waals surface area contributed by atoms with Gasteiger partial charge in [0.1, 0.15) is 18.2 Å². The van der Waals surface area contributed by atoms with E-state index < -0.39 is 0 Å². The van der Waals surface area contributed by atoms with E-state index in [0.29, 0.717) is 11.3 Å². The molecule has 0 saturated carbocycles. The number of hydrogen-bond donors (Lipinski definition) is 0. The fourth-order valence-electron chi connectivity index (χ4n) is 0.861. The Kier molecular flexibility index (Phi) is 3.16. The maximum Gasteiger partial charge on any atom is 0.148 e. The third kappa shape index (κ3) is 2.37. The van der Waals surface area contributed by atoms with E-state index in [1.807, 2.05) is 0 Å². The Bertz CT molecular complexity index is 355.